The number of aliphatic hydroxyl groups is 2. The molecule has 0 heterocycles. The van der Waals surface area contributed by atoms with Gasteiger partial charge in [0.1, 0.15) is 6.54 Å². The van der Waals surface area contributed by atoms with Gasteiger partial charge in [0.05, 0.1) is 25.4 Å². The summed E-state index contributed by atoms with van der Waals surface area (Å²) in [5.74, 6) is 2.63. The Kier molecular flexibility index (Phi) is 8.84. The van der Waals surface area contributed by atoms with Gasteiger partial charge >= 0.3 is 12.1 Å². The molecule has 212 valence electrons. The third kappa shape index (κ3) is 5.28. The number of rotatable bonds is 8. The Labute approximate surface area is 223 Å². The molecule has 7 nitrogen and oxygen atoms in total. The highest BCUT2D eigenvalue weighted by molar-refractivity contribution is 5.77. The summed E-state index contributed by atoms with van der Waals surface area (Å²) in [7, 11) is 0. The fourth-order valence-corrected chi connectivity index (χ4v) is 9.88. The number of aliphatic hydroxyl groups excluding tert-OH is 2. The normalized spacial score (nSPS) is 43.6. The van der Waals surface area contributed by atoms with Crippen LogP contribution in [-0.2, 0) is 14.3 Å². The average Bonchev–Trinajstić information content (AvgIpc) is 3.21. The predicted octanol–water partition coefficient (Wildman–Crippen LogP) is 4.93. The summed E-state index contributed by atoms with van der Waals surface area (Å²) >= 11 is 0. The molecule has 0 saturated heterocycles. The summed E-state index contributed by atoms with van der Waals surface area (Å²) in [5.41, 5.74) is 0.420. The molecule has 0 bridgehead atoms. The van der Waals surface area contributed by atoms with Crippen LogP contribution in [0.5, 0.6) is 0 Å². The van der Waals surface area contributed by atoms with Gasteiger partial charge in [-0.15, -0.1) is 0 Å². The van der Waals surface area contributed by atoms with Crippen molar-refractivity contribution in [2.75, 3.05) is 19.8 Å². The minimum absolute atomic E-state index is 0.174. The molecular formula is C30H51NO6. The van der Waals surface area contributed by atoms with E-state index in [1.165, 1.54) is 25.7 Å². The molecule has 0 aliphatic heterocycles. The van der Waals surface area contributed by atoms with Gasteiger partial charge in [-0.2, -0.15) is 0 Å². The third-order valence-electron chi connectivity index (χ3n) is 11.6. The number of hydrogen-bond acceptors (Lipinski definition) is 6. The van der Waals surface area contributed by atoms with Crippen LogP contribution in [-0.4, -0.2) is 54.2 Å². The highest BCUT2D eigenvalue weighted by Crippen LogP contribution is 2.69. The summed E-state index contributed by atoms with van der Waals surface area (Å²) in [6, 6.07) is 0. The monoisotopic (exact) mass is 521 g/mol. The largest absolute Gasteiger partial charge is 0.465 e. The number of nitrogens with one attached hydrogen (secondary N) is 1. The molecule has 4 fully saturated rings. The maximum Gasteiger partial charge on any atom is 0.407 e. The van der Waals surface area contributed by atoms with Crippen molar-refractivity contribution in [2.45, 2.75) is 105 Å². The number of carbonyl (C=O) groups excluding carboxylic acids is 2. The van der Waals surface area contributed by atoms with Gasteiger partial charge in [0.2, 0.25) is 0 Å². The number of ether oxygens (including phenoxy) is 2. The first-order valence-corrected chi connectivity index (χ1v) is 15.0. The first kappa shape index (κ1) is 28.7. The quantitative estimate of drug-likeness (QED) is 0.391. The first-order chi connectivity index (χ1) is 17.6. The van der Waals surface area contributed by atoms with Crippen molar-refractivity contribution in [3.8, 4) is 0 Å². The first-order valence-electron chi connectivity index (χ1n) is 15.0. The molecule has 37 heavy (non-hydrogen) atoms. The zero-order chi connectivity index (χ0) is 27.0. The van der Waals surface area contributed by atoms with Crippen molar-refractivity contribution in [2.24, 2.45) is 52.3 Å². The van der Waals surface area contributed by atoms with Crippen molar-refractivity contribution in [1.82, 2.24) is 5.32 Å². The molecule has 2 unspecified atom stereocenters. The maximum atomic E-state index is 12.0. The fraction of sp³-hybridized carbons (Fsp3) is 0.933. The van der Waals surface area contributed by atoms with Crippen LogP contribution < -0.4 is 5.32 Å². The Morgan fingerprint density at radius 3 is 2.38 bits per heavy atom. The number of fused-ring (bicyclic) bond motifs is 5. The van der Waals surface area contributed by atoms with Crippen molar-refractivity contribution < 1.29 is 29.3 Å². The molecule has 0 radical (unpaired) electrons. The topological polar surface area (TPSA) is 105 Å². The number of alkyl carbamates (subject to hydrolysis) is 1. The minimum Gasteiger partial charge on any atom is -0.465 e. The van der Waals surface area contributed by atoms with Crippen molar-refractivity contribution in [3.63, 3.8) is 0 Å². The highest BCUT2D eigenvalue weighted by Gasteiger charge is 2.64. The van der Waals surface area contributed by atoms with E-state index in [0.717, 1.165) is 32.1 Å². The van der Waals surface area contributed by atoms with Crippen LogP contribution in [0.3, 0.4) is 0 Å². The molecule has 3 N–H and O–H groups in total. The van der Waals surface area contributed by atoms with Gasteiger partial charge in [-0.05, 0) is 111 Å². The van der Waals surface area contributed by atoms with E-state index in [4.69, 9.17) is 9.47 Å². The Hall–Kier alpha value is -1.34. The van der Waals surface area contributed by atoms with Crippen LogP contribution in [0.25, 0.3) is 0 Å². The average molecular weight is 522 g/mol. The van der Waals surface area contributed by atoms with Crippen LogP contribution in [0.4, 0.5) is 4.79 Å². The third-order valence-corrected chi connectivity index (χ3v) is 11.6. The van der Waals surface area contributed by atoms with E-state index < -0.39 is 12.1 Å². The Bertz CT molecular complexity index is 820. The lowest BCUT2D eigenvalue weighted by molar-refractivity contribution is -0.203. The molecule has 0 aromatic heterocycles. The van der Waals surface area contributed by atoms with E-state index in [1.807, 2.05) is 0 Å². The Morgan fingerprint density at radius 1 is 0.973 bits per heavy atom. The van der Waals surface area contributed by atoms with Gasteiger partial charge in [-0.1, -0.05) is 34.1 Å². The molecule has 4 aliphatic carbocycles. The van der Waals surface area contributed by atoms with Crippen LogP contribution in [0.1, 0.15) is 92.4 Å². The number of carbonyl (C=O) groups is 2. The van der Waals surface area contributed by atoms with Gasteiger partial charge in [-0.3, -0.25) is 4.79 Å². The van der Waals surface area contributed by atoms with E-state index >= 15 is 0 Å². The van der Waals surface area contributed by atoms with Crippen molar-refractivity contribution >= 4 is 12.1 Å². The molecular weight excluding hydrogens is 470 g/mol. The van der Waals surface area contributed by atoms with E-state index in [2.05, 4.69) is 33.0 Å². The zero-order valence-corrected chi connectivity index (χ0v) is 23.7. The van der Waals surface area contributed by atoms with Crippen LogP contribution in [0, 0.1) is 52.3 Å². The standard InChI is InChI=1S/C30H51NO6/c1-6-20-24-16-19(32)10-13-30(24,5)23-11-14-29(4)21(8-9-22(29)26(23)27(20)34)18(3)12-15-37-28(35)31-17-25(33)36-7-2/h18-24,26-27,32,34H,6-17H2,1-5H3,(H,31,35)/t18-,19-,20-,21-,22+,23+,24+,26?,27-,29?,30-/m1/s1. The van der Waals surface area contributed by atoms with Crippen LogP contribution >= 0.6 is 0 Å². The molecule has 4 aliphatic rings. The van der Waals surface area contributed by atoms with E-state index in [0.29, 0.717) is 42.1 Å². The second kappa shape index (κ2) is 11.4. The van der Waals surface area contributed by atoms with Gasteiger partial charge in [0, 0.05) is 0 Å². The second-order valence-corrected chi connectivity index (χ2v) is 13.2. The lowest BCUT2D eigenvalue weighted by Gasteiger charge is -2.64. The van der Waals surface area contributed by atoms with Crippen LogP contribution in [0.2, 0.25) is 0 Å². The Balaban J connectivity index is 1.39. The second-order valence-electron chi connectivity index (χ2n) is 13.2. The van der Waals surface area contributed by atoms with Crippen molar-refractivity contribution in [1.29, 1.82) is 0 Å². The zero-order valence-electron chi connectivity index (χ0n) is 23.7. The van der Waals surface area contributed by atoms with E-state index in [-0.39, 0.29) is 42.1 Å². The molecule has 11 atom stereocenters. The van der Waals surface area contributed by atoms with Gasteiger partial charge < -0.3 is 25.0 Å². The summed E-state index contributed by atoms with van der Waals surface area (Å²) in [5, 5.41) is 24.8. The minimum atomic E-state index is -0.576. The lowest BCUT2D eigenvalue weighted by atomic mass is 9.41. The highest BCUT2D eigenvalue weighted by atomic mass is 16.6. The fourth-order valence-electron chi connectivity index (χ4n) is 9.88. The molecule has 4 saturated carbocycles. The predicted molar refractivity (Wildman–Crippen MR) is 142 cm³/mol. The van der Waals surface area contributed by atoms with Crippen LogP contribution in [0.15, 0.2) is 0 Å². The van der Waals surface area contributed by atoms with E-state index in [9.17, 15) is 19.8 Å². The molecule has 7 heteroatoms. The molecule has 0 aromatic carbocycles. The van der Waals surface area contributed by atoms with Gasteiger partial charge in [-0.25, -0.2) is 4.79 Å². The number of amides is 1. The number of esters is 1. The summed E-state index contributed by atoms with van der Waals surface area (Å²) in [6.45, 7) is 11.6. The molecule has 0 spiro atoms. The smallest absolute Gasteiger partial charge is 0.407 e. The maximum absolute atomic E-state index is 12.0. The SMILES string of the molecule is CCOC(=O)CNC(=O)OCC[C@@H](C)[C@H]1CC[C@H]2C3[C@H](O)[C@H](CC)[C@@H]4C[C@H](O)CC[C@]4(C)[C@H]3CCC12C. The van der Waals surface area contributed by atoms with Gasteiger partial charge in [0.15, 0.2) is 0 Å². The van der Waals surface area contributed by atoms with Crippen molar-refractivity contribution in [3.05, 3.63) is 0 Å². The molecule has 4 rings (SSSR count). The molecule has 1 amide bonds. The van der Waals surface area contributed by atoms with E-state index in [1.54, 1.807) is 6.92 Å². The summed E-state index contributed by atoms with van der Waals surface area (Å²) in [6.07, 6.45) is 8.26. The Morgan fingerprint density at radius 2 is 1.68 bits per heavy atom. The molecule has 0 aromatic rings. The lowest BCUT2D eigenvalue weighted by Crippen LogP contribution is -2.62. The summed E-state index contributed by atoms with van der Waals surface area (Å²) in [4.78, 5) is 23.4. The van der Waals surface area contributed by atoms with Gasteiger partial charge in [0.25, 0.3) is 0 Å². The summed E-state index contributed by atoms with van der Waals surface area (Å²) < 4.78 is 10.2. The number of hydrogen-bond donors (Lipinski definition) is 3.